The SMILES string of the molecule is c1ccc(-c2nc(-c3ccccc3)c3oc4ccc(-n5c6ccncc6c6cc(-c7ccc8c(c7)c7ccccc7n8-c7ccccc7)ccc65)cc4c3n2)cc1. The number of hydrogen-bond donors (Lipinski definition) is 0. The first-order chi connectivity index (χ1) is 28.3. The van der Waals surface area contributed by atoms with Gasteiger partial charge in [0.25, 0.3) is 0 Å². The molecule has 12 rings (SSSR count). The van der Waals surface area contributed by atoms with Crippen molar-refractivity contribution in [3.8, 4) is 45.1 Å². The summed E-state index contributed by atoms with van der Waals surface area (Å²) in [5, 5.41) is 5.63. The Hall–Kier alpha value is -7.83. The van der Waals surface area contributed by atoms with Crippen LogP contribution in [0, 0.1) is 0 Å². The highest BCUT2D eigenvalue weighted by Gasteiger charge is 2.21. The van der Waals surface area contributed by atoms with Crippen molar-refractivity contribution in [2.75, 3.05) is 0 Å². The predicted octanol–water partition coefficient (Wildman–Crippen LogP) is 13.0. The molecule has 0 N–H and O–H groups in total. The lowest BCUT2D eigenvalue weighted by molar-refractivity contribution is 0.667. The van der Waals surface area contributed by atoms with E-state index in [1.54, 1.807) is 0 Å². The second-order valence-electron chi connectivity index (χ2n) is 14.5. The van der Waals surface area contributed by atoms with Gasteiger partial charge in [-0.15, -0.1) is 0 Å². The van der Waals surface area contributed by atoms with Crippen LogP contribution in [0.3, 0.4) is 0 Å². The minimum absolute atomic E-state index is 0.661. The van der Waals surface area contributed by atoms with Crippen molar-refractivity contribution < 1.29 is 4.42 Å². The molecule has 0 aliphatic rings. The van der Waals surface area contributed by atoms with Crippen LogP contribution >= 0.6 is 0 Å². The lowest BCUT2D eigenvalue weighted by atomic mass is 10.0. The van der Waals surface area contributed by atoms with E-state index in [1.165, 1.54) is 27.4 Å². The van der Waals surface area contributed by atoms with Gasteiger partial charge in [0.2, 0.25) is 0 Å². The van der Waals surface area contributed by atoms with Gasteiger partial charge in [-0.3, -0.25) is 4.98 Å². The summed E-state index contributed by atoms with van der Waals surface area (Å²) in [6.45, 7) is 0. The van der Waals surface area contributed by atoms with Crippen LogP contribution in [0.25, 0.3) is 111 Å². The fraction of sp³-hybridized carbons (Fsp3) is 0. The zero-order valence-electron chi connectivity index (χ0n) is 30.5. The topological polar surface area (TPSA) is 61.7 Å². The van der Waals surface area contributed by atoms with E-state index in [0.29, 0.717) is 11.4 Å². The number of aromatic nitrogens is 5. The molecule has 266 valence electrons. The lowest BCUT2D eigenvalue weighted by Gasteiger charge is -2.09. The molecular weight excluding hydrogens is 699 g/mol. The van der Waals surface area contributed by atoms with Crippen LogP contribution < -0.4 is 0 Å². The second-order valence-corrected chi connectivity index (χ2v) is 14.5. The molecule has 0 amide bonds. The molecule has 0 saturated heterocycles. The van der Waals surface area contributed by atoms with Crippen molar-refractivity contribution in [3.05, 3.63) is 188 Å². The highest BCUT2D eigenvalue weighted by molar-refractivity contribution is 6.13. The molecule has 0 radical (unpaired) electrons. The van der Waals surface area contributed by atoms with E-state index in [0.717, 1.165) is 72.1 Å². The van der Waals surface area contributed by atoms with Gasteiger partial charge in [0, 0.05) is 61.8 Å². The van der Waals surface area contributed by atoms with Crippen molar-refractivity contribution in [3.63, 3.8) is 0 Å². The van der Waals surface area contributed by atoms with E-state index in [9.17, 15) is 0 Å². The third-order valence-corrected chi connectivity index (χ3v) is 11.2. The van der Waals surface area contributed by atoms with Crippen LogP contribution in [-0.2, 0) is 0 Å². The Morgan fingerprint density at radius 3 is 1.77 bits per heavy atom. The van der Waals surface area contributed by atoms with Gasteiger partial charge in [-0.05, 0) is 77.9 Å². The van der Waals surface area contributed by atoms with E-state index in [1.807, 2.05) is 60.9 Å². The zero-order chi connectivity index (χ0) is 37.5. The Morgan fingerprint density at radius 1 is 0.404 bits per heavy atom. The summed E-state index contributed by atoms with van der Waals surface area (Å²) in [5.74, 6) is 0.661. The van der Waals surface area contributed by atoms with Crippen molar-refractivity contribution in [2.24, 2.45) is 0 Å². The molecule has 6 heteroatoms. The molecule has 12 aromatic rings. The summed E-state index contributed by atoms with van der Waals surface area (Å²) in [7, 11) is 0. The minimum Gasteiger partial charge on any atom is -0.452 e. The number of rotatable bonds is 5. The van der Waals surface area contributed by atoms with Gasteiger partial charge < -0.3 is 13.6 Å². The highest BCUT2D eigenvalue weighted by atomic mass is 16.3. The van der Waals surface area contributed by atoms with Gasteiger partial charge in [0.1, 0.15) is 16.8 Å². The van der Waals surface area contributed by atoms with Gasteiger partial charge in [-0.1, -0.05) is 109 Å². The largest absolute Gasteiger partial charge is 0.452 e. The first-order valence-corrected chi connectivity index (χ1v) is 19.1. The van der Waals surface area contributed by atoms with Crippen molar-refractivity contribution in [2.45, 2.75) is 0 Å². The average molecular weight is 730 g/mol. The summed E-state index contributed by atoms with van der Waals surface area (Å²) < 4.78 is 11.3. The Labute approximate surface area is 326 Å². The van der Waals surface area contributed by atoms with Gasteiger partial charge in [0.15, 0.2) is 11.4 Å². The fourth-order valence-electron chi connectivity index (χ4n) is 8.61. The summed E-state index contributed by atoms with van der Waals surface area (Å²) in [6.07, 6.45) is 3.85. The fourth-order valence-corrected chi connectivity index (χ4v) is 8.61. The van der Waals surface area contributed by atoms with Crippen molar-refractivity contribution >= 4 is 65.7 Å². The van der Waals surface area contributed by atoms with E-state index in [2.05, 4.69) is 142 Å². The monoisotopic (exact) mass is 729 g/mol. The van der Waals surface area contributed by atoms with Gasteiger partial charge in [-0.25, -0.2) is 9.97 Å². The summed E-state index contributed by atoms with van der Waals surface area (Å²) in [4.78, 5) is 14.8. The van der Waals surface area contributed by atoms with E-state index in [-0.39, 0.29) is 0 Å². The number of furan rings is 1. The molecule has 0 unspecified atom stereocenters. The summed E-state index contributed by atoms with van der Waals surface area (Å²) >= 11 is 0. The number of hydrogen-bond acceptors (Lipinski definition) is 4. The Bertz CT molecular complexity index is 3510. The third-order valence-electron chi connectivity index (χ3n) is 11.2. The average Bonchev–Trinajstić information content (AvgIpc) is 3.94. The Kier molecular flexibility index (Phi) is 6.83. The molecule has 57 heavy (non-hydrogen) atoms. The molecule has 7 aromatic carbocycles. The highest BCUT2D eigenvalue weighted by Crippen LogP contribution is 2.40. The summed E-state index contributed by atoms with van der Waals surface area (Å²) in [5.41, 5.74) is 14.0. The third kappa shape index (κ3) is 4.87. The summed E-state index contributed by atoms with van der Waals surface area (Å²) in [6, 6.07) is 61.7. The first-order valence-electron chi connectivity index (χ1n) is 19.1. The van der Waals surface area contributed by atoms with E-state index in [4.69, 9.17) is 14.4 Å². The molecule has 5 aromatic heterocycles. The molecule has 0 spiro atoms. The van der Waals surface area contributed by atoms with Gasteiger partial charge in [-0.2, -0.15) is 0 Å². The Morgan fingerprint density at radius 2 is 1.02 bits per heavy atom. The molecule has 5 heterocycles. The van der Waals surface area contributed by atoms with Crippen LogP contribution in [0.15, 0.2) is 193 Å². The minimum atomic E-state index is 0.661. The molecule has 0 fully saturated rings. The van der Waals surface area contributed by atoms with Gasteiger partial charge >= 0.3 is 0 Å². The zero-order valence-corrected chi connectivity index (χ0v) is 30.5. The van der Waals surface area contributed by atoms with Crippen molar-refractivity contribution in [1.82, 2.24) is 24.1 Å². The standard InChI is InChI=1S/C51H31N5O/c1-4-12-32(13-5-1)48-50-49(54-51(53-48)33-14-6-2-7-15-33)41-30-37(22-25-47(41)57-50)56-45-24-21-35(29-40(45)42-31-52-27-26-46(42)56)34-20-23-44-39(28-34)38-18-10-11-19-43(38)55(44)36-16-8-3-9-17-36/h1-31H. The molecular formula is C51H31N5O. The molecule has 0 saturated carbocycles. The number of para-hydroxylation sites is 2. The second kappa shape index (κ2) is 12.3. The normalized spacial score (nSPS) is 11.9. The van der Waals surface area contributed by atoms with Crippen LogP contribution in [0.1, 0.15) is 0 Å². The van der Waals surface area contributed by atoms with Crippen molar-refractivity contribution in [1.29, 1.82) is 0 Å². The quantitative estimate of drug-likeness (QED) is 0.177. The lowest BCUT2D eigenvalue weighted by Crippen LogP contribution is -1.95. The number of benzene rings is 7. The maximum absolute atomic E-state index is 6.58. The van der Waals surface area contributed by atoms with Gasteiger partial charge in [0.05, 0.1) is 22.1 Å². The van der Waals surface area contributed by atoms with E-state index < -0.39 is 0 Å². The number of fused-ring (bicyclic) bond motifs is 9. The molecule has 0 aliphatic heterocycles. The maximum atomic E-state index is 6.58. The number of nitrogens with zero attached hydrogens (tertiary/aromatic N) is 5. The maximum Gasteiger partial charge on any atom is 0.180 e. The molecule has 0 aliphatic carbocycles. The van der Waals surface area contributed by atoms with Crippen LogP contribution in [0.2, 0.25) is 0 Å². The smallest absolute Gasteiger partial charge is 0.180 e. The molecule has 6 nitrogen and oxygen atoms in total. The predicted molar refractivity (Wildman–Crippen MR) is 232 cm³/mol. The molecule has 0 bridgehead atoms. The van der Waals surface area contributed by atoms with Crippen LogP contribution in [0.4, 0.5) is 0 Å². The number of pyridine rings is 1. The Balaban J connectivity index is 1.04. The van der Waals surface area contributed by atoms with Crippen LogP contribution in [0.5, 0.6) is 0 Å². The van der Waals surface area contributed by atoms with E-state index >= 15 is 0 Å². The van der Waals surface area contributed by atoms with Crippen LogP contribution in [-0.4, -0.2) is 24.1 Å². The molecule has 0 atom stereocenters. The first kappa shape index (κ1) is 31.5.